The first-order valence-electron chi connectivity index (χ1n) is 5.75. The fourth-order valence-corrected chi connectivity index (χ4v) is 2.65. The maximum atomic E-state index is 12.0. The number of fused-ring (bicyclic) bond motifs is 1. The number of carbonyl (C=O) groups excluding carboxylic acids is 2. The molecule has 2 amide bonds. The van der Waals surface area contributed by atoms with Gasteiger partial charge in [0.25, 0.3) is 0 Å². The number of nitrogens with zero attached hydrogens (tertiary/aromatic N) is 1. The number of rotatable bonds is 3. The topological polar surface area (TPSA) is 37.4 Å². The molecule has 0 N–H and O–H groups in total. The summed E-state index contributed by atoms with van der Waals surface area (Å²) in [5.41, 5.74) is 0.991. The predicted octanol–water partition coefficient (Wildman–Crippen LogP) is 1.60. The van der Waals surface area contributed by atoms with E-state index in [2.05, 4.69) is 6.58 Å². The van der Waals surface area contributed by atoms with Crippen LogP contribution in [-0.4, -0.2) is 16.7 Å². The van der Waals surface area contributed by atoms with E-state index in [1.165, 1.54) is 4.90 Å². The lowest BCUT2D eigenvalue weighted by Gasteiger charge is -2.17. The smallest absolute Gasteiger partial charge is 0.234 e. The minimum atomic E-state index is -0.122. The number of likely N-dealkylation sites (tertiary alicyclic amines) is 1. The molecular weight excluding hydrogens is 214 g/mol. The van der Waals surface area contributed by atoms with Gasteiger partial charge < -0.3 is 0 Å². The third-order valence-corrected chi connectivity index (χ3v) is 3.63. The Morgan fingerprint density at radius 1 is 1.12 bits per heavy atom. The van der Waals surface area contributed by atoms with Gasteiger partial charge in [0, 0.05) is 5.92 Å². The van der Waals surface area contributed by atoms with Crippen LogP contribution in [0.2, 0.25) is 0 Å². The Hall–Kier alpha value is -1.90. The fraction of sp³-hybridized carbons (Fsp3) is 0.286. The molecule has 2 fully saturated rings. The van der Waals surface area contributed by atoms with Crippen molar-refractivity contribution in [1.82, 2.24) is 4.90 Å². The molecule has 0 bridgehead atoms. The average Bonchev–Trinajstić information content (AvgIpc) is 3.04. The van der Waals surface area contributed by atoms with E-state index in [4.69, 9.17) is 0 Å². The highest BCUT2D eigenvalue weighted by molar-refractivity contribution is 6.09. The second-order valence-corrected chi connectivity index (χ2v) is 4.61. The molecule has 3 nitrogen and oxygen atoms in total. The second-order valence-electron chi connectivity index (χ2n) is 4.61. The SMILES string of the molecule is C=CC1C2C(=O)N(Cc3ccccc3)C(=O)C12. The molecule has 1 aliphatic heterocycles. The van der Waals surface area contributed by atoms with Gasteiger partial charge in [-0.2, -0.15) is 0 Å². The highest BCUT2D eigenvalue weighted by Crippen LogP contribution is 2.54. The van der Waals surface area contributed by atoms with Crippen molar-refractivity contribution < 1.29 is 9.59 Å². The lowest BCUT2D eigenvalue weighted by Crippen LogP contribution is -2.33. The molecule has 3 rings (SSSR count). The van der Waals surface area contributed by atoms with Crippen LogP contribution < -0.4 is 0 Å². The molecule has 86 valence electrons. The molecule has 1 aliphatic carbocycles. The number of amides is 2. The molecular formula is C14H13NO2. The van der Waals surface area contributed by atoms with Gasteiger partial charge in [-0.1, -0.05) is 36.4 Å². The second kappa shape index (κ2) is 3.55. The molecule has 1 saturated carbocycles. The van der Waals surface area contributed by atoms with Crippen molar-refractivity contribution in [1.29, 1.82) is 0 Å². The molecule has 17 heavy (non-hydrogen) atoms. The summed E-state index contributed by atoms with van der Waals surface area (Å²) < 4.78 is 0. The number of benzene rings is 1. The van der Waals surface area contributed by atoms with Gasteiger partial charge in [-0.25, -0.2) is 0 Å². The summed E-state index contributed by atoms with van der Waals surface area (Å²) in [4.78, 5) is 25.4. The monoisotopic (exact) mass is 227 g/mol. The third kappa shape index (κ3) is 1.42. The van der Waals surface area contributed by atoms with E-state index in [0.29, 0.717) is 6.54 Å². The summed E-state index contributed by atoms with van der Waals surface area (Å²) in [5, 5.41) is 0. The molecule has 2 atom stereocenters. The lowest BCUT2D eigenvalue weighted by atomic mass is 10.2. The van der Waals surface area contributed by atoms with Gasteiger partial charge in [-0.05, 0) is 5.56 Å². The van der Waals surface area contributed by atoms with Crippen molar-refractivity contribution in [3.05, 3.63) is 48.6 Å². The summed E-state index contributed by atoms with van der Waals surface area (Å²) in [5.74, 6) is -0.225. The van der Waals surface area contributed by atoms with Crippen molar-refractivity contribution in [3.8, 4) is 0 Å². The number of hydrogen-bond acceptors (Lipinski definition) is 2. The predicted molar refractivity (Wildman–Crippen MR) is 62.7 cm³/mol. The lowest BCUT2D eigenvalue weighted by molar-refractivity contribution is -0.142. The van der Waals surface area contributed by atoms with Gasteiger partial charge in [-0.15, -0.1) is 6.58 Å². The summed E-state index contributed by atoms with van der Waals surface area (Å²) in [6.45, 7) is 4.06. The van der Waals surface area contributed by atoms with Crippen molar-refractivity contribution in [2.45, 2.75) is 6.54 Å². The van der Waals surface area contributed by atoms with Gasteiger partial charge >= 0.3 is 0 Å². The zero-order valence-corrected chi connectivity index (χ0v) is 9.37. The van der Waals surface area contributed by atoms with E-state index in [1.54, 1.807) is 6.08 Å². The molecule has 1 heterocycles. The van der Waals surface area contributed by atoms with Crippen LogP contribution in [0.25, 0.3) is 0 Å². The maximum absolute atomic E-state index is 12.0. The molecule has 2 aliphatic rings. The van der Waals surface area contributed by atoms with E-state index in [1.807, 2.05) is 30.3 Å². The minimum absolute atomic E-state index is 0.0336. The highest BCUT2D eigenvalue weighted by Gasteiger charge is 2.65. The maximum Gasteiger partial charge on any atom is 0.234 e. The highest BCUT2D eigenvalue weighted by atomic mass is 16.2. The average molecular weight is 227 g/mol. The molecule has 0 spiro atoms. The molecule has 1 aromatic rings. The number of imide groups is 1. The first-order chi connectivity index (χ1) is 8.24. The molecule has 2 unspecified atom stereocenters. The quantitative estimate of drug-likeness (QED) is 0.581. The van der Waals surface area contributed by atoms with Crippen LogP contribution >= 0.6 is 0 Å². The van der Waals surface area contributed by atoms with Gasteiger partial charge in [-0.3, -0.25) is 14.5 Å². The van der Waals surface area contributed by atoms with Crippen LogP contribution in [0.1, 0.15) is 5.56 Å². The van der Waals surface area contributed by atoms with Crippen LogP contribution in [0.4, 0.5) is 0 Å². The summed E-state index contributed by atoms with van der Waals surface area (Å²) in [6.07, 6.45) is 1.73. The van der Waals surface area contributed by atoms with Gasteiger partial charge in [0.2, 0.25) is 11.8 Å². The number of carbonyl (C=O) groups is 2. The Labute approximate surface area is 99.7 Å². The molecule has 1 saturated heterocycles. The largest absolute Gasteiger partial charge is 0.278 e. The Morgan fingerprint density at radius 2 is 1.71 bits per heavy atom. The van der Waals surface area contributed by atoms with Crippen molar-refractivity contribution in [2.24, 2.45) is 17.8 Å². The first-order valence-corrected chi connectivity index (χ1v) is 5.75. The van der Waals surface area contributed by atoms with Gasteiger partial charge in [0.05, 0.1) is 18.4 Å². The fourth-order valence-electron chi connectivity index (χ4n) is 2.65. The van der Waals surface area contributed by atoms with Crippen LogP contribution in [0.3, 0.4) is 0 Å². The van der Waals surface area contributed by atoms with Gasteiger partial charge in [0.1, 0.15) is 0 Å². The van der Waals surface area contributed by atoms with Crippen molar-refractivity contribution in [3.63, 3.8) is 0 Å². The van der Waals surface area contributed by atoms with E-state index in [-0.39, 0.29) is 29.6 Å². The van der Waals surface area contributed by atoms with Crippen LogP contribution in [0, 0.1) is 17.8 Å². The molecule has 0 radical (unpaired) electrons. The third-order valence-electron chi connectivity index (χ3n) is 3.63. The Bertz CT molecular complexity index is 472. The van der Waals surface area contributed by atoms with E-state index in [0.717, 1.165) is 5.56 Å². The Balaban J connectivity index is 1.77. The summed E-state index contributed by atoms with van der Waals surface area (Å²) >= 11 is 0. The van der Waals surface area contributed by atoms with E-state index in [9.17, 15) is 9.59 Å². The van der Waals surface area contributed by atoms with Crippen molar-refractivity contribution in [2.75, 3.05) is 0 Å². The van der Waals surface area contributed by atoms with Crippen LogP contribution in [0.15, 0.2) is 43.0 Å². The Kier molecular flexibility index (Phi) is 2.15. The first kappa shape index (κ1) is 10.3. The summed E-state index contributed by atoms with van der Waals surface area (Å²) in [6, 6.07) is 9.59. The van der Waals surface area contributed by atoms with E-state index >= 15 is 0 Å². The molecule has 1 aromatic carbocycles. The van der Waals surface area contributed by atoms with E-state index < -0.39 is 0 Å². The Morgan fingerprint density at radius 3 is 2.24 bits per heavy atom. The minimum Gasteiger partial charge on any atom is -0.278 e. The number of allylic oxidation sites excluding steroid dienone is 1. The number of hydrogen-bond donors (Lipinski definition) is 0. The normalized spacial score (nSPS) is 30.4. The van der Waals surface area contributed by atoms with Crippen LogP contribution in [0.5, 0.6) is 0 Å². The zero-order chi connectivity index (χ0) is 12.0. The molecule has 0 aromatic heterocycles. The molecule has 3 heteroatoms. The number of piperidine rings is 1. The van der Waals surface area contributed by atoms with Crippen LogP contribution in [-0.2, 0) is 16.1 Å². The van der Waals surface area contributed by atoms with Gasteiger partial charge in [0.15, 0.2) is 0 Å². The summed E-state index contributed by atoms with van der Waals surface area (Å²) in [7, 11) is 0. The standard InChI is InChI=1S/C14H13NO2/c1-2-10-11-12(10)14(17)15(13(11)16)8-9-6-4-3-5-7-9/h2-7,10-12H,1,8H2. The van der Waals surface area contributed by atoms with Crippen molar-refractivity contribution >= 4 is 11.8 Å². The zero-order valence-electron chi connectivity index (χ0n) is 9.37.